The van der Waals surface area contributed by atoms with Crippen LogP contribution in [0.15, 0.2) is 36.8 Å². The van der Waals surface area contributed by atoms with Crippen molar-refractivity contribution in [1.82, 2.24) is 14.5 Å². The maximum atomic E-state index is 5.78. The standard InChI is InChI=1S/C17H18N4O2/c1-21-6-5-18-16(21)11-20-17-13-10-15-14(22-7-2-8-23-15)9-12(13)3-4-19-17/h3-6,9-10H,2,7-8,11H2,1H3,(H,19,20). The Balaban J connectivity index is 1.69. The molecule has 3 aromatic rings. The zero-order chi connectivity index (χ0) is 15.6. The molecule has 0 saturated carbocycles. The smallest absolute Gasteiger partial charge is 0.161 e. The van der Waals surface area contributed by atoms with Gasteiger partial charge in [-0.2, -0.15) is 0 Å². The first-order valence-electron chi connectivity index (χ1n) is 7.70. The number of pyridine rings is 1. The quantitative estimate of drug-likeness (QED) is 0.806. The minimum atomic E-state index is 0.615. The molecule has 2 aromatic heterocycles. The Morgan fingerprint density at radius 2 is 1.96 bits per heavy atom. The fraction of sp³-hybridized carbons (Fsp3) is 0.294. The number of aryl methyl sites for hydroxylation is 1. The molecular weight excluding hydrogens is 292 g/mol. The van der Waals surface area contributed by atoms with Gasteiger partial charge in [-0.25, -0.2) is 9.97 Å². The van der Waals surface area contributed by atoms with Crippen molar-refractivity contribution in [2.45, 2.75) is 13.0 Å². The molecule has 1 aliphatic rings. The maximum absolute atomic E-state index is 5.78. The highest BCUT2D eigenvalue weighted by molar-refractivity contribution is 5.94. The lowest BCUT2D eigenvalue weighted by Gasteiger charge is -2.12. The zero-order valence-electron chi connectivity index (χ0n) is 13.0. The van der Waals surface area contributed by atoms with Gasteiger partial charge in [0.1, 0.15) is 11.6 Å². The fourth-order valence-corrected chi connectivity index (χ4v) is 2.70. The van der Waals surface area contributed by atoms with Gasteiger partial charge in [-0.1, -0.05) is 0 Å². The van der Waals surface area contributed by atoms with Gasteiger partial charge in [0, 0.05) is 37.4 Å². The Kier molecular flexibility index (Phi) is 3.49. The number of nitrogens with one attached hydrogen (secondary N) is 1. The summed E-state index contributed by atoms with van der Waals surface area (Å²) in [6, 6.07) is 6.00. The number of benzene rings is 1. The first kappa shape index (κ1) is 13.9. The second-order valence-electron chi connectivity index (χ2n) is 5.54. The number of ether oxygens (including phenoxy) is 2. The molecule has 0 amide bonds. The van der Waals surface area contributed by atoms with Crippen molar-refractivity contribution in [2.24, 2.45) is 7.05 Å². The molecule has 1 aliphatic heterocycles. The van der Waals surface area contributed by atoms with Crippen molar-refractivity contribution in [1.29, 1.82) is 0 Å². The van der Waals surface area contributed by atoms with Gasteiger partial charge < -0.3 is 19.4 Å². The third-order valence-electron chi connectivity index (χ3n) is 3.97. The number of aromatic nitrogens is 3. The molecule has 1 N–H and O–H groups in total. The average molecular weight is 310 g/mol. The van der Waals surface area contributed by atoms with Crippen molar-refractivity contribution in [3.63, 3.8) is 0 Å². The summed E-state index contributed by atoms with van der Waals surface area (Å²) in [6.45, 7) is 1.98. The molecule has 1 aromatic carbocycles. The zero-order valence-corrected chi connectivity index (χ0v) is 13.0. The van der Waals surface area contributed by atoms with Crippen molar-refractivity contribution in [3.05, 3.63) is 42.6 Å². The molecule has 0 saturated heterocycles. The number of hydrogen-bond donors (Lipinski definition) is 1. The molecular formula is C17H18N4O2. The van der Waals surface area contributed by atoms with Gasteiger partial charge in [0.25, 0.3) is 0 Å². The Morgan fingerprint density at radius 3 is 2.74 bits per heavy atom. The summed E-state index contributed by atoms with van der Waals surface area (Å²) in [5.74, 6) is 3.36. The van der Waals surface area contributed by atoms with E-state index < -0.39 is 0 Å². The fourth-order valence-electron chi connectivity index (χ4n) is 2.70. The summed E-state index contributed by atoms with van der Waals surface area (Å²) < 4.78 is 13.5. The normalized spacial score (nSPS) is 13.8. The number of anilines is 1. The first-order chi connectivity index (χ1) is 11.3. The van der Waals surface area contributed by atoms with E-state index in [1.54, 1.807) is 12.4 Å². The van der Waals surface area contributed by atoms with Crippen LogP contribution in [-0.4, -0.2) is 27.7 Å². The summed E-state index contributed by atoms with van der Waals surface area (Å²) in [7, 11) is 1.98. The van der Waals surface area contributed by atoms with E-state index >= 15 is 0 Å². The van der Waals surface area contributed by atoms with Crippen molar-refractivity contribution in [3.8, 4) is 11.5 Å². The lowest BCUT2D eigenvalue weighted by molar-refractivity contribution is 0.297. The van der Waals surface area contributed by atoms with E-state index in [9.17, 15) is 0 Å². The minimum Gasteiger partial charge on any atom is -0.490 e. The van der Waals surface area contributed by atoms with Crippen LogP contribution in [0.4, 0.5) is 5.82 Å². The van der Waals surface area contributed by atoms with E-state index in [1.165, 1.54) is 0 Å². The largest absolute Gasteiger partial charge is 0.490 e. The van der Waals surface area contributed by atoms with Crippen LogP contribution < -0.4 is 14.8 Å². The van der Waals surface area contributed by atoms with Crippen molar-refractivity contribution in [2.75, 3.05) is 18.5 Å². The molecule has 3 heterocycles. The Labute approximate surface area is 134 Å². The van der Waals surface area contributed by atoms with Gasteiger partial charge in [0.15, 0.2) is 11.5 Å². The molecule has 0 unspecified atom stereocenters. The van der Waals surface area contributed by atoms with E-state index in [0.29, 0.717) is 19.8 Å². The molecule has 0 fully saturated rings. The van der Waals surface area contributed by atoms with E-state index in [-0.39, 0.29) is 0 Å². The van der Waals surface area contributed by atoms with Gasteiger partial charge in [0.2, 0.25) is 0 Å². The Hall–Kier alpha value is -2.76. The average Bonchev–Trinajstić information content (AvgIpc) is 2.83. The number of hydrogen-bond acceptors (Lipinski definition) is 5. The van der Waals surface area contributed by atoms with Crippen LogP contribution in [0, 0.1) is 0 Å². The second kappa shape index (κ2) is 5.79. The predicted octanol–water partition coefficient (Wildman–Crippen LogP) is 2.74. The third kappa shape index (κ3) is 2.67. The van der Waals surface area contributed by atoms with Crippen LogP contribution in [0.5, 0.6) is 11.5 Å². The summed E-state index contributed by atoms with van der Waals surface area (Å²) in [4.78, 5) is 8.79. The molecule has 0 atom stereocenters. The number of rotatable bonds is 3. The third-order valence-corrected chi connectivity index (χ3v) is 3.97. The summed E-state index contributed by atoms with van der Waals surface area (Å²) in [6.07, 6.45) is 6.41. The lowest BCUT2D eigenvalue weighted by atomic mass is 10.1. The van der Waals surface area contributed by atoms with E-state index in [0.717, 1.165) is 40.3 Å². The van der Waals surface area contributed by atoms with Gasteiger partial charge in [-0.15, -0.1) is 0 Å². The summed E-state index contributed by atoms with van der Waals surface area (Å²) >= 11 is 0. The van der Waals surface area contributed by atoms with Crippen LogP contribution >= 0.6 is 0 Å². The number of nitrogens with zero attached hydrogens (tertiary/aromatic N) is 3. The van der Waals surface area contributed by atoms with Crippen LogP contribution in [0.25, 0.3) is 10.8 Å². The van der Waals surface area contributed by atoms with Crippen LogP contribution in [-0.2, 0) is 13.6 Å². The second-order valence-corrected chi connectivity index (χ2v) is 5.54. The van der Waals surface area contributed by atoms with E-state index in [1.807, 2.05) is 36.0 Å². The van der Waals surface area contributed by atoms with Crippen LogP contribution in [0.3, 0.4) is 0 Å². The van der Waals surface area contributed by atoms with Crippen molar-refractivity contribution < 1.29 is 9.47 Å². The molecule has 6 heteroatoms. The molecule has 23 heavy (non-hydrogen) atoms. The van der Waals surface area contributed by atoms with Gasteiger partial charge in [-0.05, 0) is 23.6 Å². The maximum Gasteiger partial charge on any atom is 0.161 e. The monoisotopic (exact) mass is 310 g/mol. The molecule has 4 rings (SSSR count). The Morgan fingerprint density at radius 1 is 1.13 bits per heavy atom. The van der Waals surface area contributed by atoms with E-state index in [2.05, 4.69) is 15.3 Å². The molecule has 118 valence electrons. The van der Waals surface area contributed by atoms with Gasteiger partial charge >= 0.3 is 0 Å². The number of fused-ring (bicyclic) bond motifs is 2. The van der Waals surface area contributed by atoms with Crippen LogP contribution in [0.1, 0.15) is 12.2 Å². The lowest BCUT2D eigenvalue weighted by Crippen LogP contribution is -2.07. The highest BCUT2D eigenvalue weighted by atomic mass is 16.5. The molecule has 0 spiro atoms. The SMILES string of the molecule is Cn1ccnc1CNc1nccc2cc3c(cc12)OCCCO3. The summed E-state index contributed by atoms with van der Waals surface area (Å²) in [5.41, 5.74) is 0. The minimum absolute atomic E-state index is 0.615. The molecule has 6 nitrogen and oxygen atoms in total. The topological polar surface area (TPSA) is 61.2 Å². The first-order valence-corrected chi connectivity index (χ1v) is 7.70. The Bertz CT molecular complexity index is 844. The predicted molar refractivity (Wildman–Crippen MR) is 87.9 cm³/mol. The van der Waals surface area contributed by atoms with Gasteiger partial charge in [-0.3, -0.25) is 0 Å². The number of imidazole rings is 1. The molecule has 0 bridgehead atoms. The highest BCUT2D eigenvalue weighted by Crippen LogP contribution is 2.36. The molecule has 0 radical (unpaired) electrons. The molecule has 0 aliphatic carbocycles. The highest BCUT2D eigenvalue weighted by Gasteiger charge is 2.13. The van der Waals surface area contributed by atoms with E-state index in [4.69, 9.17) is 9.47 Å². The van der Waals surface area contributed by atoms with Gasteiger partial charge in [0.05, 0.1) is 19.8 Å². The summed E-state index contributed by atoms with van der Waals surface area (Å²) in [5, 5.41) is 5.46. The van der Waals surface area contributed by atoms with Crippen molar-refractivity contribution >= 4 is 16.6 Å². The van der Waals surface area contributed by atoms with Crippen LogP contribution in [0.2, 0.25) is 0 Å².